The van der Waals surface area contributed by atoms with Crippen LogP contribution in [-0.2, 0) is 6.42 Å². The van der Waals surface area contributed by atoms with E-state index < -0.39 is 11.7 Å². The van der Waals surface area contributed by atoms with Crippen LogP contribution in [0.25, 0.3) is 0 Å². The second-order valence-electron chi connectivity index (χ2n) is 4.35. The van der Waals surface area contributed by atoms with Crippen molar-refractivity contribution in [2.24, 2.45) is 0 Å². The first-order valence-corrected chi connectivity index (χ1v) is 5.51. The Morgan fingerprint density at radius 3 is 2.67 bits per heavy atom. The van der Waals surface area contributed by atoms with Gasteiger partial charge in [-0.2, -0.15) is 0 Å². The van der Waals surface area contributed by atoms with E-state index in [4.69, 9.17) is 0 Å². The first-order valence-electron chi connectivity index (χ1n) is 5.51. The summed E-state index contributed by atoms with van der Waals surface area (Å²) < 4.78 is 0. The first kappa shape index (κ1) is 10.6. The molecule has 2 rings (SSSR count). The molecular formula is C12H17NO2. The molecule has 0 amide bonds. The van der Waals surface area contributed by atoms with E-state index in [9.17, 15) is 10.2 Å². The van der Waals surface area contributed by atoms with Crippen molar-refractivity contribution < 1.29 is 10.2 Å². The second kappa shape index (κ2) is 4.29. The molecule has 1 saturated carbocycles. The van der Waals surface area contributed by atoms with Gasteiger partial charge in [-0.25, -0.2) is 0 Å². The maximum atomic E-state index is 10.1. The molecule has 82 valence electrons. The number of hydrogen-bond donors (Lipinski definition) is 2. The highest BCUT2D eigenvalue weighted by Gasteiger charge is 2.38. The average Bonchev–Trinajstić information content (AvgIpc) is 2.68. The predicted molar refractivity (Wildman–Crippen MR) is 57.4 cm³/mol. The van der Waals surface area contributed by atoms with Crippen LogP contribution in [0.2, 0.25) is 0 Å². The summed E-state index contributed by atoms with van der Waals surface area (Å²) in [7, 11) is 0. The van der Waals surface area contributed by atoms with Crippen molar-refractivity contribution in [2.75, 3.05) is 0 Å². The van der Waals surface area contributed by atoms with Crippen molar-refractivity contribution in [1.29, 1.82) is 0 Å². The van der Waals surface area contributed by atoms with Crippen molar-refractivity contribution in [3.8, 4) is 0 Å². The molecule has 0 spiro atoms. The smallest absolute Gasteiger partial charge is 0.0909 e. The lowest BCUT2D eigenvalue weighted by Crippen LogP contribution is -2.41. The molecule has 3 nitrogen and oxygen atoms in total. The third kappa shape index (κ3) is 2.36. The summed E-state index contributed by atoms with van der Waals surface area (Å²) in [6.45, 7) is 0. The lowest BCUT2D eigenvalue weighted by Gasteiger charge is -2.28. The van der Waals surface area contributed by atoms with E-state index in [1.54, 1.807) is 6.20 Å². The van der Waals surface area contributed by atoms with E-state index in [0.29, 0.717) is 19.3 Å². The maximum absolute atomic E-state index is 10.1. The van der Waals surface area contributed by atoms with Gasteiger partial charge in [0.1, 0.15) is 0 Å². The van der Waals surface area contributed by atoms with E-state index in [-0.39, 0.29) is 0 Å². The molecule has 3 heteroatoms. The molecule has 0 aliphatic heterocycles. The normalized spacial score (nSPS) is 21.5. The topological polar surface area (TPSA) is 53.4 Å². The van der Waals surface area contributed by atoms with Crippen LogP contribution in [0.4, 0.5) is 0 Å². The van der Waals surface area contributed by atoms with E-state index in [0.717, 1.165) is 18.5 Å². The molecule has 0 bridgehead atoms. The fourth-order valence-corrected chi connectivity index (χ4v) is 2.23. The molecule has 0 saturated heterocycles. The van der Waals surface area contributed by atoms with Crippen molar-refractivity contribution in [3.63, 3.8) is 0 Å². The van der Waals surface area contributed by atoms with E-state index in [1.165, 1.54) is 0 Å². The second-order valence-corrected chi connectivity index (χ2v) is 4.35. The van der Waals surface area contributed by atoms with Crippen LogP contribution >= 0.6 is 0 Å². The number of aliphatic hydroxyl groups excluding tert-OH is 1. The lowest BCUT2D eigenvalue weighted by molar-refractivity contribution is -0.0693. The number of nitrogens with zero attached hydrogens (tertiary/aromatic N) is 1. The Morgan fingerprint density at radius 1 is 1.33 bits per heavy atom. The van der Waals surface area contributed by atoms with Crippen LogP contribution in [0.1, 0.15) is 31.4 Å². The maximum Gasteiger partial charge on any atom is 0.0909 e. The SMILES string of the molecule is OC(Cc1ccccn1)C1(O)CCCC1. The summed E-state index contributed by atoms with van der Waals surface area (Å²) in [6.07, 6.45) is 4.90. The third-order valence-corrected chi connectivity index (χ3v) is 3.22. The van der Waals surface area contributed by atoms with Crippen LogP contribution in [0.5, 0.6) is 0 Å². The Hall–Kier alpha value is -0.930. The van der Waals surface area contributed by atoms with Crippen LogP contribution in [0, 0.1) is 0 Å². The van der Waals surface area contributed by atoms with E-state index in [1.807, 2.05) is 18.2 Å². The molecule has 1 aliphatic carbocycles. The van der Waals surface area contributed by atoms with Gasteiger partial charge in [0.05, 0.1) is 11.7 Å². The van der Waals surface area contributed by atoms with Gasteiger partial charge in [-0.05, 0) is 25.0 Å². The van der Waals surface area contributed by atoms with Gasteiger partial charge in [-0.15, -0.1) is 0 Å². The van der Waals surface area contributed by atoms with Crippen molar-refractivity contribution in [3.05, 3.63) is 30.1 Å². The van der Waals surface area contributed by atoms with Crippen molar-refractivity contribution >= 4 is 0 Å². The highest BCUT2D eigenvalue weighted by molar-refractivity contribution is 5.07. The van der Waals surface area contributed by atoms with Gasteiger partial charge in [0, 0.05) is 18.3 Å². The predicted octanol–water partition coefficient (Wildman–Crippen LogP) is 1.29. The van der Waals surface area contributed by atoms with Crippen LogP contribution < -0.4 is 0 Å². The monoisotopic (exact) mass is 207 g/mol. The fraction of sp³-hybridized carbons (Fsp3) is 0.583. The molecule has 0 aromatic carbocycles. The Kier molecular flexibility index (Phi) is 3.03. The molecule has 1 aromatic rings. The number of pyridine rings is 1. The molecule has 0 radical (unpaired) electrons. The zero-order valence-electron chi connectivity index (χ0n) is 8.76. The number of aliphatic hydroxyl groups is 2. The Balaban J connectivity index is 2.00. The average molecular weight is 207 g/mol. The molecule has 1 fully saturated rings. The third-order valence-electron chi connectivity index (χ3n) is 3.22. The summed E-state index contributed by atoms with van der Waals surface area (Å²) in [5.74, 6) is 0. The minimum absolute atomic E-state index is 0.442. The summed E-state index contributed by atoms with van der Waals surface area (Å²) in [4.78, 5) is 4.15. The summed E-state index contributed by atoms with van der Waals surface area (Å²) >= 11 is 0. The largest absolute Gasteiger partial charge is 0.390 e. The zero-order valence-corrected chi connectivity index (χ0v) is 8.76. The first-order chi connectivity index (χ1) is 7.21. The number of hydrogen-bond acceptors (Lipinski definition) is 3. The van der Waals surface area contributed by atoms with Crippen LogP contribution in [0.15, 0.2) is 24.4 Å². The fourth-order valence-electron chi connectivity index (χ4n) is 2.23. The molecule has 1 aliphatic rings. The Bertz CT molecular complexity index is 307. The highest BCUT2D eigenvalue weighted by Crippen LogP contribution is 2.33. The molecule has 15 heavy (non-hydrogen) atoms. The standard InChI is InChI=1S/C12H17NO2/c14-11(12(15)6-2-3-7-12)9-10-5-1-4-8-13-10/h1,4-5,8,11,14-15H,2-3,6-7,9H2. The summed E-state index contributed by atoms with van der Waals surface area (Å²) in [5.41, 5.74) is -0.0392. The van der Waals surface area contributed by atoms with Gasteiger partial charge in [0.25, 0.3) is 0 Å². The molecule has 2 N–H and O–H groups in total. The quantitative estimate of drug-likeness (QED) is 0.785. The molecule has 1 aromatic heterocycles. The molecular weight excluding hydrogens is 190 g/mol. The minimum atomic E-state index is -0.877. The number of aromatic nitrogens is 1. The van der Waals surface area contributed by atoms with E-state index >= 15 is 0 Å². The van der Waals surface area contributed by atoms with Gasteiger partial charge < -0.3 is 10.2 Å². The van der Waals surface area contributed by atoms with E-state index in [2.05, 4.69) is 4.98 Å². The summed E-state index contributed by atoms with van der Waals surface area (Å²) in [6, 6.07) is 5.62. The molecule has 1 unspecified atom stereocenters. The lowest BCUT2D eigenvalue weighted by atomic mass is 9.91. The minimum Gasteiger partial charge on any atom is -0.390 e. The molecule has 1 atom stereocenters. The van der Waals surface area contributed by atoms with Crippen molar-refractivity contribution in [1.82, 2.24) is 4.98 Å². The Morgan fingerprint density at radius 2 is 2.07 bits per heavy atom. The highest BCUT2D eigenvalue weighted by atomic mass is 16.3. The summed E-state index contributed by atoms with van der Waals surface area (Å²) in [5, 5.41) is 20.1. The van der Waals surface area contributed by atoms with Gasteiger partial charge >= 0.3 is 0 Å². The van der Waals surface area contributed by atoms with Gasteiger partial charge in [0.2, 0.25) is 0 Å². The van der Waals surface area contributed by atoms with Crippen molar-refractivity contribution in [2.45, 2.75) is 43.8 Å². The van der Waals surface area contributed by atoms with Gasteiger partial charge in [-0.3, -0.25) is 4.98 Å². The van der Waals surface area contributed by atoms with Crippen LogP contribution in [-0.4, -0.2) is 26.9 Å². The molecule has 1 heterocycles. The number of rotatable bonds is 3. The van der Waals surface area contributed by atoms with Gasteiger partial charge in [0.15, 0.2) is 0 Å². The van der Waals surface area contributed by atoms with Gasteiger partial charge in [-0.1, -0.05) is 18.9 Å². The van der Waals surface area contributed by atoms with Crippen LogP contribution in [0.3, 0.4) is 0 Å². The Labute approximate surface area is 89.8 Å². The zero-order chi connectivity index (χ0) is 10.7.